The van der Waals surface area contributed by atoms with Crippen LogP contribution in [0.4, 0.5) is 0 Å². The molecule has 0 atom stereocenters. The minimum atomic E-state index is -0.856. The van der Waals surface area contributed by atoms with Gasteiger partial charge in [0.1, 0.15) is 10.6 Å². The van der Waals surface area contributed by atoms with E-state index >= 15 is 0 Å². The number of primary amides is 1. The molecule has 0 saturated carbocycles. The van der Waals surface area contributed by atoms with Gasteiger partial charge in [-0.05, 0) is 6.07 Å². The van der Waals surface area contributed by atoms with Gasteiger partial charge < -0.3 is 10.8 Å². The van der Waals surface area contributed by atoms with Crippen LogP contribution in [0, 0.1) is 0 Å². The third kappa shape index (κ3) is 1.40. The maximum Gasteiger partial charge on any atom is 0.269 e. The highest BCUT2D eigenvalue weighted by Crippen LogP contribution is 2.13. The first-order valence-corrected chi connectivity index (χ1v) is 3.31. The molecule has 0 fully saturated rings. The van der Waals surface area contributed by atoms with Crippen molar-refractivity contribution in [3.63, 3.8) is 0 Å². The number of aromatic nitrogens is 1. The summed E-state index contributed by atoms with van der Waals surface area (Å²) >= 11 is 5.37. The number of hydrogen-bond donors (Lipinski definition) is 3. The van der Waals surface area contributed by atoms with Crippen molar-refractivity contribution in [1.29, 1.82) is 0 Å². The number of carbonyl (C=O) groups is 1. The second kappa shape index (κ2) is 2.86. The predicted octanol–water partition coefficient (Wildman–Crippen LogP) is -0.167. The molecular weight excluding hydrogens is 184 g/mol. The van der Waals surface area contributed by atoms with Gasteiger partial charge in [0.25, 0.3) is 11.5 Å². The van der Waals surface area contributed by atoms with Crippen molar-refractivity contribution < 1.29 is 9.90 Å². The topological polar surface area (TPSA) is 96.2 Å². The van der Waals surface area contributed by atoms with Crippen LogP contribution in [0.1, 0.15) is 10.4 Å². The lowest BCUT2D eigenvalue weighted by Gasteiger charge is -1.98. The number of hydrogen-bond acceptors (Lipinski definition) is 3. The largest absolute Gasteiger partial charge is 0.494 e. The lowest BCUT2D eigenvalue weighted by Crippen LogP contribution is -2.15. The van der Waals surface area contributed by atoms with Gasteiger partial charge in [0.2, 0.25) is 5.88 Å². The van der Waals surface area contributed by atoms with E-state index in [0.717, 1.165) is 6.07 Å². The molecule has 0 radical (unpaired) electrons. The van der Waals surface area contributed by atoms with E-state index in [2.05, 4.69) is 0 Å². The first-order valence-electron chi connectivity index (χ1n) is 2.94. The van der Waals surface area contributed by atoms with Gasteiger partial charge >= 0.3 is 0 Å². The van der Waals surface area contributed by atoms with Crippen molar-refractivity contribution in [2.75, 3.05) is 0 Å². The molecule has 1 heterocycles. The predicted molar refractivity (Wildman–Crippen MR) is 42.3 cm³/mol. The Labute approximate surface area is 71.8 Å². The van der Waals surface area contributed by atoms with Crippen LogP contribution in [0.15, 0.2) is 10.9 Å². The first kappa shape index (κ1) is 8.61. The molecule has 0 bridgehead atoms. The summed E-state index contributed by atoms with van der Waals surface area (Å²) in [4.78, 5) is 23.2. The van der Waals surface area contributed by atoms with E-state index in [1.807, 2.05) is 4.98 Å². The standard InChI is InChI=1S/C6H5ClN2O3/c7-3-1-2(4(8)10)5(11)9-6(3)12/h1H,(H2,8,10)(H2,9,11,12). The number of H-pyrrole nitrogens is 1. The highest BCUT2D eigenvalue weighted by Gasteiger charge is 2.10. The molecule has 0 saturated heterocycles. The molecule has 0 unspecified atom stereocenters. The van der Waals surface area contributed by atoms with Crippen molar-refractivity contribution in [2.45, 2.75) is 0 Å². The second-order valence-electron chi connectivity index (χ2n) is 2.07. The zero-order chi connectivity index (χ0) is 9.30. The van der Waals surface area contributed by atoms with Gasteiger partial charge in [0.05, 0.1) is 0 Å². The summed E-state index contributed by atoms with van der Waals surface area (Å²) in [5.41, 5.74) is 3.98. The summed E-state index contributed by atoms with van der Waals surface area (Å²) in [5.74, 6) is -1.43. The summed E-state index contributed by atoms with van der Waals surface area (Å²) in [5, 5.41) is 8.78. The quantitative estimate of drug-likeness (QED) is 0.571. The van der Waals surface area contributed by atoms with Crippen molar-refractivity contribution >= 4 is 17.5 Å². The van der Waals surface area contributed by atoms with Gasteiger partial charge in [-0.25, -0.2) is 0 Å². The van der Waals surface area contributed by atoms with Crippen LogP contribution in [-0.4, -0.2) is 16.0 Å². The smallest absolute Gasteiger partial charge is 0.269 e. The van der Waals surface area contributed by atoms with Crippen molar-refractivity contribution in [3.8, 4) is 5.88 Å². The molecule has 0 aromatic carbocycles. The molecule has 1 rings (SSSR count). The Hall–Kier alpha value is -1.49. The first-order chi connectivity index (χ1) is 5.52. The number of aromatic amines is 1. The van der Waals surface area contributed by atoms with Crippen molar-refractivity contribution in [2.24, 2.45) is 5.73 Å². The number of rotatable bonds is 1. The van der Waals surface area contributed by atoms with Crippen LogP contribution in [0.5, 0.6) is 5.88 Å². The Morgan fingerprint density at radius 1 is 1.67 bits per heavy atom. The number of halogens is 1. The summed E-state index contributed by atoms with van der Waals surface area (Å²) in [6.07, 6.45) is 0. The molecule has 5 nitrogen and oxygen atoms in total. The van der Waals surface area contributed by atoms with Crippen LogP contribution in [-0.2, 0) is 0 Å². The fraction of sp³-hybridized carbons (Fsp3) is 0. The van der Waals surface area contributed by atoms with Crippen LogP contribution in [0.2, 0.25) is 5.02 Å². The molecule has 4 N–H and O–H groups in total. The minimum absolute atomic E-state index is 0.193. The number of nitrogens with two attached hydrogens (primary N) is 1. The van der Waals surface area contributed by atoms with Gasteiger partial charge in [-0.3, -0.25) is 14.6 Å². The van der Waals surface area contributed by atoms with E-state index in [1.54, 1.807) is 0 Å². The van der Waals surface area contributed by atoms with Crippen LogP contribution in [0.25, 0.3) is 0 Å². The summed E-state index contributed by atoms with van der Waals surface area (Å²) < 4.78 is 0. The number of amides is 1. The van der Waals surface area contributed by atoms with E-state index in [9.17, 15) is 9.59 Å². The Kier molecular flexibility index (Phi) is 2.05. The number of nitrogens with one attached hydrogen (secondary N) is 1. The van der Waals surface area contributed by atoms with Crippen LogP contribution >= 0.6 is 11.6 Å². The van der Waals surface area contributed by atoms with Crippen molar-refractivity contribution in [1.82, 2.24) is 4.98 Å². The zero-order valence-electron chi connectivity index (χ0n) is 5.80. The van der Waals surface area contributed by atoms with E-state index in [1.165, 1.54) is 0 Å². The highest BCUT2D eigenvalue weighted by molar-refractivity contribution is 6.30. The average molecular weight is 189 g/mol. The number of pyridine rings is 1. The lowest BCUT2D eigenvalue weighted by atomic mass is 10.2. The van der Waals surface area contributed by atoms with E-state index in [0.29, 0.717) is 0 Å². The molecular formula is C6H5ClN2O3. The summed E-state index contributed by atoms with van der Waals surface area (Å²) in [6.45, 7) is 0. The van der Waals surface area contributed by atoms with Crippen molar-refractivity contribution in [3.05, 3.63) is 27.0 Å². The molecule has 64 valence electrons. The molecule has 0 spiro atoms. The molecule has 1 aromatic rings. The van der Waals surface area contributed by atoms with Gasteiger partial charge in [0.15, 0.2) is 0 Å². The Morgan fingerprint density at radius 2 is 2.25 bits per heavy atom. The number of aromatic hydroxyl groups is 1. The third-order valence-corrected chi connectivity index (χ3v) is 1.52. The van der Waals surface area contributed by atoms with Gasteiger partial charge in [-0.1, -0.05) is 11.6 Å². The third-order valence-electron chi connectivity index (χ3n) is 1.24. The van der Waals surface area contributed by atoms with E-state index in [-0.39, 0.29) is 10.6 Å². The SMILES string of the molecule is NC(=O)c1cc(Cl)c(=O)[nH]c1O. The van der Waals surface area contributed by atoms with Crippen LogP contribution < -0.4 is 11.3 Å². The fourth-order valence-corrected chi connectivity index (χ4v) is 0.839. The Bertz CT molecular complexity index is 385. The normalized spacial score (nSPS) is 9.75. The van der Waals surface area contributed by atoms with E-state index in [4.69, 9.17) is 22.4 Å². The molecule has 0 aliphatic heterocycles. The summed E-state index contributed by atoms with van der Waals surface area (Å²) in [6, 6.07) is 1.01. The molecule has 0 aliphatic carbocycles. The van der Waals surface area contributed by atoms with Crippen LogP contribution in [0.3, 0.4) is 0 Å². The summed E-state index contributed by atoms with van der Waals surface area (Å²) in [7, 11) is 0. The lowest BCUT2D eigenvalue weighted by molar-refractivity contribution is 0.0997. The second-order valence-corrected chi connectivity index (χ2v) is 2.48. The monoisotopic (exact) mass is 188 g/mol. The van der Waals surface area contributed by atoms with E-state index < -0.39 is 17.3 Å². The maximum absolute atomic E-state index is 10.7. The molecule has 1 aromatic heterocycles. The van der Waals surface area contributed by atoms with Gasteiger partial charge in [-0.15, -0.1) is 0 Å². The van der Waals surface area contributed by atoms with Gasteiger partial charge in [0, 0.05) is 0 Å². The Balaban J connectivity index is 3.43. The zero-order valence-corrected chi connectivity index (χ0v) is 6.55. The number of carbonyl (C=O) groups excluding carboxylic acids is 1. The molecule has 0 aliphatic rings. The highest BCUT2D eigenvalue weighted by atomic mass is 35.5. The molecule has 12 heavy (non-hydrogen) atoms. The molecule has 1 amide bonds. The fourth-order valence-electron chi connectivity index (χ4n) is 0.683. The average Bonchev–Trinajstić information content (AvgIpc) is 1.96. The maximum atomic E-state index is 10.7. The minimum Gasteiger partial charge on any atom is -0.494 e. The molecule has 6 heteroatoms. The van der Waals surface area contributed by atoms with Gasteiger partial charge in [-0.2, -0.15) is 0 Å². The Morgan fingerprint density at radius 3 is 2.75 bits per heavy atom.